The zero-order valence-corrected chi connectivity index (χ0v) is 31.3. The van der Waals surface area contributed by atoms with Gasteiger partial charge in [0.05, 0.1) is 19.5 Å². The largest absolute Gasteiger partial charge is 0.481 e. The molecule has 3 amide bonds. The van der Waals surface area contributed by atoms with Crippen molar-refractivity contribution < 1.29 is 48.0 Å². The fourth-order valence-electron chi connectivity index (χ4n) is 7.09. The summed E-state index contributed by atoms with van der Waals surface area (Å²) in [4.78, 5) is 54.2. The van der Waals surface area contributed by atoms with Crippen LogP contribution >= 0.6 is 0 Å². The molecule has 53 heavy (non-hydrogen) atoms. The van der Waals surface area contributed by atoms with Crippen LogP contribution in [0.2, 0.25) is 0 Å². The third kappa shape index (κ3) is 17.6. The zero-order chi connectivity index (χ0) is 38.3. The number of carboxylic acids is 1. The maximum Gasteiger partial charge on any atom is 0.304 e. The van der Waals surface area contributed by atoms with Gasteiger partial charge in [0.25, 0.3) is 0 Å². The minimum absolute atomic E-state index is 0.0255. The van der Waals surface area contributed by atoms with Gasteiger partial charge in [0.15, 0.2) is 11.6 Å². The summed E-state index contributed by atoms with van der Waals surface area (Å²) in [5.41, 5.74) is 1.67. The lowest BCUT2D eigenvalue weighted by atomic mass is 9.84. The van der Waals surface area contributed by atoms with Gasteiger partial charge in [-0.05, 0) is 24.7 Å². The summed E-state index contributed by atoms with van der Waals surface area (Å²) < 4.78 is 20.0. The van der Waals surface area contributed by atoms with Crippen LogP contribution in [-0.2, 0) is 41.7 Å². The van der Waals surface area contributed by atoms with Crippen LogP contribution in [0.3, 0.4) is 0 Å². The van der Waals surface area contributed by atoms with E-state index >= 15 is 0 Å². The van der Waals surface area contributed by atoms with Gasteiger partial charge in [-0.15, -0.1) is 0 Å². The molecule has 2 heterocycles. The Hall–Kier alpha value is -3.96. The van der Waals surface area contributed by atoms with E-state index < -0.39 is 11.9 Å². The number of aliphatic carboxylic acids is 1. The Morgan fingerprint density at radius 2 is 1.13 bits per heavy atom. The molecule has 0 aliphatic heterocycles. The summed E-state index contributed by atoms with van der Waals surface area (Å²) in [5, 5.41) is 30.9. The van der Waals surface area contributed by atoms with Gasteiger partial charge in [0.1, 0.15) is 13.2 Å². The van der Waals surface area contributed by atoms with Crippen molar-refractivity contribution in [2.24, 2.45) is 11.8 Å². The normalized spacial score (nSPS) is 16.2. The Kier molecular flexibility index (Phi) is 20.6. The highest BCUT2D eigenvalue weighted by Gasteiger charge is 2.25. The molecule has 0 radical (unpaired) electrons. The lowest BCUT2D eigenvalue weighted by molar-refractivity contribution is -0.137. The van der Waals surface area contributed by atoms with E-state index in [1.807, 2.05) is 0 Å². The first-order valence-electron chi connectivity index (χ1n) is 19.0. The second-order valence-electron chi connectivity index (χ2n) is 14.1. The summed E-state index contributed by atoms with van der Waals surface area (Å²) in [5.74, 6) is 0.480. The van der Waals surface area contributed by atoms with Crippen LogP contribution < -0.4 is 16.1 Å². The summed E-state index contributed by atoms with van der Waals surface area (Å²) in [6, 6.07) is 0. The van der Waals surface area contributed by atoms with E-state index in [4.69, 9.17) is 23.7 Å². The topological polar surface area (TPSA) is 241 Å². The van der Waals surface area contributed by atoms with Crippen LogP contribution in [0, 0.1) is 11.8 Å². The summed E-state index contributed by atoms with van der Waals surface area (Å²) in [6.45, 7) is 0.193. The molecular weight excluding hydrogens is 690 g/mol. The second-order valence-corrected chi connectivity index (χ2v) is 14.1. The highest BCUT2D eigenvalue weighted by atomic mass is 16.5. The molecule has 2 aromatic heterocycles. The Morgan fingerprint density at radius 1 is 0.698 bits per heavy atom. The number of hydrogen-bond acceptors (Lipinski definition) is 13. The van der Waals surface area contributed by atoms with Gasteiger partial charge in [-0.2, -0.15) is 9.97 Å². The molecule has 0 bridgehead atoms. The van der Waals surface area contributed by atoms with Crippen molar-refractivity contribution in [3.63, 3.8) is 0 Å². The number of carboxylic acid groups (broad SMARTS) is 1. The molecular formula is C36H59N7O10. The number of hydroxylamine groups is 1. The third-order valence-corrected chi connectivity index (χ3v) is 9.86. The molecule has 298 valence electrons. The van der Waals surface area contributed by atoms with Crippen LogP contribution in [-0.4, -0.2) is 81.7 Å². The maximum atomic E-state index is 11.6. The average molecular weight is 750 g/mol. The van der Waals surface area contributed by atoms with Crippen molar-refractivity contribution >= 4 is 23.7 Å². The van der Waals surface area contributed by atoms with Crippen molar-refractivity contribution in [1.82, 2.24) is 36.4 Å². The van der Waals surface area contributed by atoms with E-state index in [9.17, 15) is 24.3 Å². The molecule has 0 unspecified atom stereocenters. The van der Waals surface area contributed by atoms with Crippen molar-refractivity contribution in [3.8, 4) is 0 Å². The quantitative estimate of drug-likeness (QED) is 0.0810. The minimum atomic E-state index is -0.874. The monoisotopic (exact) mass is 749 g/mol. The molecule has 5 N–H and O–H groups in total. The van der Waals surface area contributed by atoms with Crippen LogP contribution in [0.15, 0.2) is 9.05 Å². The highest BCUT2D eigenvalue weighted by molar-refractivity contribution is 5.77. The van der Waals surface area contributed by atoms with Gasteiger partial charge in [-0.1, -0.05) is 100 Å². The van der Waals surface area contributed by atoms with Crippen LogP contribution in [0.25, 0.3) is 0 Å². The lowest BCUT2D eigenvalue weighted by Gasteiger charge is -2.22. The molecule has 0 aromatic carbocycles. The van der Waals surface area contributed by atoms with Gasteiger partial charge in [-0.25, -0.2) is 5.48 Å². The number of ether oxygens (including phenoxy) is 2. The zero-order valence-electron chi connectivity index (χ0n) is 31.3. The molecule has 0 spiro atoms. The fraction of sp³-hybridized carbons (Fsp3) is 0.778. The summed E-state index contributed by atoms with van der Waals surface area (Å²) >= 11 is 0. The predicted molar refractivity (Wildman–Crippen MR) is 189 cm³/mol. The molecule has 2 aromatic rings. The highest BCUT2D eigenvalue weighted by Crippen LogP contribution is 2.32. The van der Waals surface area contributed by atoms with Gasteiger partial charge in [0.2, 0.25) is 29.5 Å². The second kappa shape index (κ2) is 25.1. The van der Waals surface area contributed by atoms with Crippen LogP contribution in [0.4, 0.5) is 0 Å². The van der Waals surface area contributed by atoms with Gasteiger partial charge in [-0.3, -0.25) is 24.4 Å². The maximum absolute atomic E-state index is 11.6. The number of rotatable bonds is 22. The standard InChI is InChI=1S/C18H30N4O5.C18H29N3O5/c1-26-12-17(24)19-11-15-20-18(27-22-15)14(10-16(23)21-25)9-5-8-13-6-3-2-4-7-13;1-25-12-16(22)19-11-15-20-18(26-21-15)14(10-17(23)24)9-5-8-13-6-3-2-4-7-13/h13-14,25H,2-12H2,1H3,(H,19,24)(H,21,23);13-14H,2-12H2,1H3,(H,19,22)(H,23,24)/t2*14-/m11/s1. The van der Waals surface area contributed by atoms with E-state index in [1.165, 1.54) is 78.4 Å². The van der Waals surface area contributed by atoms with Crippen molar-refractivity contribution in [1.29, 1.82) is 0 Å². The van der Waals surface area contributed by atoms with Crippen molar-refractivity contribution in [2.75, 3.05) is 27.4 Å². The number of carbonyl (C=O) groups excluding carboxylic acids is 3. The molecule has 2 atom stereocenters. The predicted octanol–water partition coefficient (Wildman–Crippen LogP) is 4.70. The smallest absolute Gasteiger partial charge is 0.304 e. The Balaban J connectivity index is 0.000000286. The molecule has 2 saturated carbocycles. The summed E-state index contributed by atoms with van der Waals surface area (Å²) in [7, 11) is 2.88. The van der Waals surface area contributed by atoms with Crippen LogP contribution in [0.1, 0.15) is 151 Å². The molecule has 0 saturated heterocycles. The lowest BCUT2D eigenvalue weighted by Crippen LogP contribution is -2.27. The van der Waals surface area contributed by atoms with E-state index in [2.05, 4.69) is 30.9 Å². The van der Waals surface area contributed by atoms with E-state index in [1.54, 1.807) is 5.48 Å². The minimum Gasteiger partial charge on any atom is -0.481 e. The van der Waals surface area contributed by atoms with Gasteiger partial charge >= 0.3 is 5.97 Å². The average Bonchev–Trinajstić information content (AvgIpc) is 3.84. The Bertz CT molecular complexity index is 1360. The number of hydrogen-bond donors (Lipinski definition) is 5. The van der Waals surface area contributed by atoms with E-state index in [0.717, 1.165) is 50.4 Å². The van der Waals surface area contributed by atoms with Crippen molar-refractivity contribution in [3.05, 3.63) is 23.4 Å². The first-order valence-corrected chi connectivity index (χ1v) is 19.0. The van der Waals surface area contributed by atoms with Crippen LogP contribution in [0.5, 0.6) is 0 Å². The fourth-order valence-corrected chi connectivity index (χ4v) is 7.09. The Morgan fingerprint density at radius 3 is 1.53 bits per heavy atom. The summed E-state index contributed by atoms with van der Waals surface area (Å²) in [6.07, 6.45) is 18.8. The number of methoxy groups -OCH3 is 2. The Labute approximate surface area is 311 Å². The number of aromatic nitrogens is 4. The van der Waals surface area contributed by atoms with Gasteiger partial charge < -0.3 is 34.3 Å². The van der Waals surface area contributed by atoms with E-state index in [-0.39, 0.29) is 62.8 Å². The number of nitrogens with zero attached hydrogens (tertiary/aromatic N) is 4. The molecule has 2 aliphatic carbocycles. The number of nitrogens with one attached hydrogen (secondary N) is 3. The number of amides is 3. The first kappa shape index (κ1) is 43.4. The van der Waals surface area contributed by atoms with Gasteiger partial charge in [0, 0.05) is 32.5 Å². The molecule has 2 aliphatic rings. The van der Waals surface area contributed by atoms with E-state index in [0.29, 0.717) is 23.4 Å². The third-order valence-electron chi connectivity index (χ3n) is 9.86. The molecule has 17 heteroatoms. The molecule has 2 fully saturated rings. The SMILES string of the molecule is COCC(=O)NCc1noc([C@H](CCCC2CCCCC2)CC(=O)NO)n1.COCC(=O)NCc1noc([C@H](CCCC2CCCCC2)CC(=O)O)n1. The molecule has 4 rings (SSSR count). The molecule has 17 nitrogen and oxygen atoms in total. The van der Waals surface area contributed by atoms with Crippen molar-refractivity contribution in [2.45, 2.75) is 141 Å². The first-order chi connectivity index (χ1) is 25.7. The number of carbonyl (C=O) groups is 4.